The second-order valence-corrected chi connectivity index (χ2v) is 5.73. The molecule has 1 saturated carbocycles. The zero-order valence-electron chi connectivity index (χ0n) is 9.02. The Morgan fingerprint density at radius 1 is 1.35 bits per heavy atom. The number of hydrogen-bond acceptors (Lipinski definition) is 7. The van der Waals surface area contributed by atoms with E-state index in [9.17, 15) is 25.5 Å². The van der Waals surface area contributed by atoms with Crippen LogP contribution in [0.4, 0.5) is 0 Å². The van der Waals surface area contributed by atoms with E-state index < -0.39 is 41.4 Å². The first kappa shape index (κ1) is 13.3. The van der Waals surface area contributed by atoms with Gasteiger partial charge in [0.25, 0.3) is 0 Å². The molecule has 1 unspecified atom stereocenters. The third kappa shape index (κ3) is 1.22. The SMILES string of the molecule is OC[C@@H](O)[C@@]1(O)[C@H](O)[C@@](O)(CO)C12CC=CS2. The second-order valence-electron chi connectivity index (χ2n) is 4.53. The second kappa shape index (κ2) is 3.92. The summed E-state index contributed by atoms with van der Waals surface area (Å²) in [5.41, 5.74) is -3.94. The molecule has 0 aromatic carbocycles. The van der Waals surface area contributed by atoms with Gasteiger partial charge in [-0.3, -0.25) is 0 Å². The van der Waals surface area contributed by atoms with Crippen LogP contribution in [0.2, 0.25) is 0 Å². The van der Waals surface area contributed by atoms with Crippen LogP contribution in [0, 0.1) is 0 Å². The van der Waals surface area contributed by atoms with Crippen molar-refractivity contribution in [3.8, 4) is 0 Å². The van der Waals surface area contributed by atoms with Gasteiger partial charge in [0, 0.05) is 0 Å². The van der Waals surface area contributed by atoms with Crippen LogP contribution in [0.1, 0.15) is 6.42 Å². The molecule has 2 rings (SSSR count). The number of hydrogen-bond donors (Lipinski definition) is 6. The average Bonchev–Trinajstić information content (AvgIpc) is 2.86. The summed E-state index contributed by atoms with van der Waals surface area (Å²) >= 11 is 1.05. The van der Waals surface area contributed by atoms with Crippen molar-refractivity contribution >= 4 is 11.8 Å². The van der Waals surface area contributed by atoms with Gasteiger partial charge in [0.2, 0.25) is 0 Å². The Labute approximate surface area is 102 Å². The van der Waals surface area contributed by atoms with E-state index in [-0.39, 0.29) is 6.42 Å². The molecular weight excluding hydrogens is 248 g/mol. The van der Waals surface area contributed by atoms with Gasteiger partial charge in [0.15, 0.2) is 0 Å². The molecule has 1 aliphatic heterocycles. The molecule has 0 aromatic rings. The predicted molar refractivity (Wildman–Crippen MR) is 60.2 cm³/mol. The van der Waals surface area contributed by atoms with Gasteiger partial charge in [-0.2, -0.15) is 0 Å². The molecule has 0 amide bonds. The van der Waals surface area contributed by atoms with Gasteiger partial charge >= 0.3 is 0 Å². The van der Waals surface area contributed by atoms with Gasteiger partial charge in [-0.15, -0.1) is 11.8 Å². The van der Waals surface area contributed by atoms with Crippen LogP contribution in [0.15, 0.2) is 11.5 Å². The Hall–Kier alpha value is -0.150. The molecule has 1 fully saturated rings. The van der Waals surface area contributed by atoms with Crippen LogP contribution >= 0.6 is 11.8 Å². The Balaban J connectivity index is 2.42. The van der Waals surface area contributed by atoms with Crippen molar-refractivity contribution < 1.29 is 30.6 Å². The fourth-order valence-electron chi connectivity index (χ4n) is 2.84. The zero-order chi connectivity index (χ0) is 12.9. The lowest BCUT2D eigenvalue weighted by Gasteiger charge is -2.67. The minimum atomic E-state index is -2.05. The highest BCUT2D eigenvalue weighted by Crippen LogP contribution is 2.64. The molecule has 0 aromatic heterocycles. The highest BCUT2D eigenvalue weighted by atomic mass is 32.2. The minimum absolute atomic E-state index is 0.194. The molecule has 2 aliphatic rings. The summed E-state index contributed by atoms with van der Waals surface area (Å²) in [6.07, 6.45) is -1.43. The number of aliphatic hydroxyl groups excluding tert-OH is 4. The summed E-state index contributed by atoms with van der Waals surface area (Å²) in [7, 11) is 0. The molecule has 1 heterocycles. The summed E-state index contributed by atoms with van der Waals surface area (Å²) in [5, 5.41) is 59.9. The van der Waals surface area contributed by atoms with Crippen molar-refractivity contribution in [3.05, 3.63) is 11.5 Å². The fraction of sp³-hybridized carbons (Fsp3) is 0.800. The van der Waals surface area contributed by atoms with E-state index in [1.54, 1.807) is 11.5 Å². The monoisotopic (exact) mass is 264 g/mol. The zero-order valence-corrected chi connectivity index (χ0v) is 9.84. The first-order valence-corrected chi connectivity index (χ1v) is 6.14. The van der Waals surface area contributed by atoms with Crippen LogP contribution < -0.4 is 0 Å². The maximum absolute atomic E-state index is 10.4. The number of allylic oxidation sites excluding steroid dienone is 1. The summed E-state index contributed by atoms with van der Waals surface area (Å²) in [6.45, 7) is -1.47. The van der Waals surface area contributed by atoms with E-state index in [0.717, 1.165) is 11.8 Å². The van der Waals surface area contributed by atoms with E-state index in [1.807, 2.05) is 0 Å². The van der Waals surface area contributed by atoms with E-state index in [0.29, 0.717) is 0 Å². The van der Waals surface area contributed by atoms with Crippen molar-refractivity contribution in [1.29, 1.82) is 0 Å². The maximum Gasteiger partial charge on any atom is 0.140 e. The molecule has 1 spiro atoms. The maximum atomic E-state index is 10.4. The summed E-state index contributed by atoms with van der Waals surface area (Å²) < 4.78 is -1.32. The van der Waals surface area contributed by atoms with Crippen LogP contribution in [0.3, 0.4) is 0 Å². The average molecular weight is 264 g/mol. The standard InChI is InChI=1S/C10H16O6S/c11-4-6(13)10(16)7(14)8(15,5-12)9(10)2-1-3-17-9/h1,3,6-7,11-16H,2,4-5H2/t6-,7-,8+,9?,10-/m1/s1. The lowest BCUT2D eigenvalue weighted by molar-refractivity contribution is -0.334. The summed E-state index contributed by atoms with van der Waals surface area (Å²) in [4.78, 5) is 0. The number of thioether (sulfide) groups is 1. The van der Waals surface area contributed by atoms with Crippen molar-refractivity contribution in [2.24, 2.45) is 0 Å². The molecule has 17 heavy (non-hydrogen) atoms. The van der Waals surface area contributed by atoms with Crippen molar-refractivity contribution in [2.75, 3.05) is 13.2 Å². The first-order chi connectivity index (χ1) is 7.90. The molecular formula is C10H16O6S. The van der Waals surface area contributed by atoms with E-state index in [2.05, 4.69) is 0 Å². The van der Waals surface area contributed by atoms with Gasteiger partial charge < -0.3 is 30.6 Å². The summed E-state index contributed by atoms with van der Waals surface area (Å²) in [6, 6.07) is 0. The lowest BCUT2D eigenvalue weighted by Crippen LogP contribution is -2.91. The molecule has 7 heteroatoms. The quantitative estimate of drug-likeness (QED) is 0.335. The molecule has 98 valence electrons. The number of rotatable bonds is 3. The Morgan fingerprint density at radius 3 is 2.41 bits per heavy atom. The Bertz CT molecular complexity index is 340. The van der Waals surface area contributed by atoms with E-state index in [4.69, 9.17) is 5.11 Å². The van der Waals surface area contributed by atoms with Gasteiger partial charge in [-0.25, -0.2) is 0 Å². The number of aliphatic hydroxyl groups is 6. The van der Waals surface area contributed by atoms with Crippen molar-refractivity contribution in [3.63, 3.8) is 0 Å². The Kier molecular flexibility index (Phi) is 3.07. The third-order valence-electron chi connectivity index (χ3n) is 3.91. The molecule has 0 saturated heterocycles. The van der Waals surface area contributed by atoms with Crippen LogP contribution in [0.25, 0.3) is 0 Å². The highest BCUT2D eigenvalue weighted by molar-refractivity contribution is 8.04. The van der Waals surface area contributed by atoms with Gasteiger partial charge in [0.05, 0.1) is 18.0 Å². The van der Waals surface area contributed by atoms with Crippen molar-refractivity contribution in [1.82, 2.24) is 0 Å². The molecule has 5 atom stereocenters. The van der Waals surface area contributed by atoms with Gasteiger partial charge in [-0.05, 0) is 11.8 Å². The van der Waals surface area contributed by atoms with Crippen molar-refractivity contribution in [2.45, 2.75) is 34.6 Å². The normalized spacial score (nSPS) is 50.6. The smallest absolute Gasteiger partial charge is 0.140 e. The fourth-order valence-corrected chi connectivity index (χ4v) is 4.28. The highest BCUT2D eigenvalue weighted by Gasteiger charge is 2.82. The lowest BCUT2D eigenvalue weighted by atomic mass is 9.52. The predicted octanol–water partition coefficient (Wildman–Crippen LogP) is -2.44. The largest absolute Gasteiger partial charge is 0.394 e. The molecule has 0 bridgehead atoms. The molecule has 6 nitrogen and oxygen atoms in total. The summed E-state index contributed by atoms with van der Waals surface area (Å²) in [5.74, 6) is 0. The topological polar surface area (TPSA) is 121 Å². The van der Waals surface area contributed by atoms with Crippen LogP contribution in [-0.4, -0.2) is 72.0 Å². The molecule has 6 N–H and O–H groups in total. The molecule has 0 radical (unpaired) electrons. The van der Waals surface area contributed by atoms with Crippen LogP contribution in [0.5, 0.6) is 0 Å². The van der Waals surface area contributed by atoms with Gasteiger partial charge in [-0.1, -0.05) is 6.08 Å². The van der Waals surface area contributed by atoms with E-state index >= 15 is 0 Å². The minimum Gasteiger partial charge on any atom is -0.394 e. The van der Waals surface area contributed by atoms with Gasteiger partial charge in [0.1, 0.15) is 23.4 Å². The van der Waals surface area contributed by atoms with E-state index in [1.165, 1.54) is 0 Å². The third-order valence-corrected chi connectivity index (χ3v) is 5.49. The first-order valence-electron chi connectivity index (χ1n) is 5.26. The van der Waals surface area contributed by atoms with Crippen LogP contribution in [-0.2, 0) is 0 Å². The Morgan fingerprint density at radius 2 is 2.00 bits per heavy atom. The molecule has 1 aliphatic carbocycles.